The molecule has 0 saturated carbocycles. The Morgan fingerprint density at radius 3 is 1.68 bits per heavy atom. The minimum atomic E-state index is 0.543. The Bertz CT molecular complexity index is 3900. The van der Waals surface area contributed by atoms with Crippen LogP contribution in [0.3, 0.4) is 0 Å². The fraction of sp³-hybridized carbons (Fsp3) is 0. The zero-order valence-corrected chi connectivity index (χ0v) is 33.9. The number of benzene rings is 9. The Kier molecular flexibility index (Phi) is 7.80. The van der Waals surface area contributed by atoms with Crippen molar-refractivity contribution in [1.82, 2.24) is 24.1 Å². The lowest BCUT2D eigenvalue weighted by atomic mass is 9.97. The molecule has 0 saturated heterocycles. The summed E-state index contributed by atoms with van der Waals surface area (Å²) in [6.45, 7) is 0. The Morgan fingerprint density at radius 1 is 0.333 bits per heavy atom. The summed E-state index contributed by atoms with van der Waals surface area (Å²) in [5, 5.41) is 6.67. The van der Waals surface area contributed by atoms with Crippen LogP contribution in [-0.2, 0) is 0 Å². The second-order valence-corrected chi connectivity index (χ2v) is 16.0. The van der Waals surface area contributed by atoms with Gasteiger partial charge >= 0.3 is 0 Å². The molecule has 6 heteroatoms. The van der Waals surface area contributed by atoms with E-state index in [1.165, 1.54) is 21.9 Å². The molecular formula is C57H35N5O. The smallest absolute Gasteiger partial charge is 0.238 e. The molecule has 0 aliphatic heterocycles. The maximum atomic E-state index is 6.21. The fourth-order valence-corrected chi connectivity index (χ4v) is 9.54. The maximum Gasteiger partial charge on any atom is 0.238 e. The summed E-state index contributed by atoms with van der Waals surface area (Å²) >= 11 is 0. The van der Waals surface area contributed by atoms with Crippen LogP contribution in [0, 0.1) is 0 Å². The quantitative estimate of drug-likeness (QED) is 0.168. The first-order valence-electron chi connectivity index (χ1n) is 21.2. The molecule has 0 radical (unpaired) electrons. The Morgan fingerprint density at radius 2 is 0.921 bits per heavy atom. The monoisotopic (exact) mass is 805 g/mol. The van der Waals surface area contributed by atoms with Gasteiger partial charge in [-0.05, 0) is 71.3 Å². The van der Waals surface area contributed by atoms with E-state index in [9.17, 15) is 0 Å². The number of hydrogen-bond donors (Lipinski definition) is 0. The van der Waals surface area contributed by atoms with Gasteiger partial charge in [-0.2, -0.15) is 9.97 Å². The molecule has 0 spiro atoms. The third kappa shape index (κ3) is 5.55. The molecule has 0 unspecified atom stereocenters. The largest absolute Gasteiger partial charge is 0.456 e. The van der Waals surface area contributed by atoms with Crippen molar-refractivity contribution in [2.75, 3.05) is 0 Å². The molecule has 4 heterocycles. The second kappa shape index (κ2) is 14.0. The van der Waals surface area contributed by atoms with E-state index in [1.807, 2.05) is 48.5 Å². The summed E-state index contributed by atoms with van der Waals surface area (Å²) in [6.07, 6.45) is 0. The number of hydrogen-bond acceptors (Lipinski definition) is 4. The molecule has 4 aromatic heterocycles. The predicted molar refractivity (Wildman–Crippen MR) is 258 cm³/mol. The summed E-state index contributed by atoms with van der Waals surface area (Å²) in [6, 6.07) is 74.6. The van der Waals surface area contributed by atoms with E-state index in [0.717, 1.165) is 82.7 Å². The van der Waals surface area contributed by atoms with E-state index in [2.05, 4.69) is 173 Å². The highest BCUT2D eigenvalue weighted by Gasteiger charge is 2.24. The molecule has 0 aliphatic rings. The van der Waals surface area contributed by atoms with Crippen LogP contribution in [0.15, 0.2) is 217 Å². The molecular weight excluding hydrogens is 771 g/mol. The van der Waals surface area contributed by atoms with E-state index >= 15 is 0 Å². The third-order valence-corrected chi connectivity index (χ3v) is 12.4. The van der Waals surface area contributed by atoms with Gasteiger partial charge in [-0.1, -0.05) is 158 Å². The summed E-state index contributed by atoms with van der Waals surface area (Å²) in [5.41, 5.74) is 13.5. The van der Waals surface area contributed by atoms with E-state index in [4.69, 9.17) is 19.4 Å². The molecule has 13 rings (SSSR count). The minimum absolute atomic E-state index is 0.543. The van der Waals surface area contributed by atoms with Crippen molar-refractivity contribution >= 4 is 65.6 Å². The van der Waals surface area contributed by atoms with E-state index in [1.54, 1.807) is 0 Å². The molecule has 13 aromatic rings. The zero-order chi connectivity index (χ0) is 41.4. The van der Waals surface area contributed by atoms with Crippen LogP contribution < -0.4 is 0 Å². The van der Waals surface area contributed by atoms with Crippen molar-refractivity contribution in [2.45, 2.75) is 0 Å². The third-order valence-electron chi connectivity index (χ3n) is 12.4. The second-order valence-electron chi connectivity index (χ2n) is 16.0. The average Bonchev–Trinajstić information content (AvgIpc) is 4.02. The van der Waals surface area contributed by atoms with Gasteiger partial charge < -0.3 is 8.98 Å². The van der Waals surface area contributed by atoms with Crippen LogP contribution in [0.2, 0.25) is 0 Å². The molecule has 0 amide bonds. The zero-order valence-electron chi connectivity index (χ0n) is 33.9. The molecule has 294 valence electrons. The van der Waals surface area contributed by atoms with Crippen LogP contribution in [0.1, 0.15) is 0 Å². The highest BCUT2D eigenvalue weighted by molar-refractivity contribution is 6.26. The van der Waals surface area contributed by atoms with Crippen molar-refractivity contribution in [3.63, 3.8) is 0 Å². The lowest BCUT2D eigenvalue weighted by molar-refractivity contribution is 0.669. The molecule has 9 aromatic carbocycles. The van der Waals surface area contributed by atoms with Crippen molar-refractivity contribution in [3.8, 4) is 56.7 Å². The number of furan rings is 1. The van der Waals surface area contributed by atoms with E-state index in [-0.39, 0.29) is 0 Å². The SMILES string of the molecule is c1ccc(-c2ccc(-n3c4ccccc4c4ccc5c(c6ccccc6n5-c5nc(-c6ccccc6)nc(-c6ccc7oc8ccccc8c7c6)n5)c43)c(-c3ccccc3)c2)cc1. The molecule has 63 heavy (non-hydrogen) atoms. The van der Waals surface area contributed by atoms with Gasteiger partial charge in [0.25, 0.3) is 0 Å². The van der Waals surface area contributed by atoms with E-state index < -0.39 is 0 Å². The predicted octanol–water partition coefficient (Wildman–Crippen LogP) is 14.6. The van der Waals surface area contributed by atoms with Crippen LogP contribution in [-0.4, -0.2) is 24.1 Å². The fourth-order valence-electron chi connectivity index (χ4n) is 9.54. The molecule has 6 nitrogen and oxygen atoms in total. The number of nitrogens with zero attached hydrogens (tertiary/aromatic N) is 5. The molecule has 0 fully saturated rings. The first kappa shape index (κ1) is 35.2. The molecule has 0 bridgehead atoms. The van der Waals surface area contributed by atoms with Gasteiger partial charge in [-0.15, -0.1) is 0 Å². The number of para-hydroxylation sites is 3. The van der Waals surface area contributed by atoms with Gasteiger partial charge in [0.1, 0.15) is 11.2 Å². The summed E-state index contributed by atoms with van der Waals surface area (Å²) in [5.74, 6) is 1.72. The molecule has 0 N–H and O–H groups in total. The number of rotatable bonds is 6. The van der Waals surface area contributed by atoms with Gasteiger partial charge in [0.15, 0.2) is 11.6 Å². The topological polar surface area (TPSA) is 61.7 Å². The lowest BCUT2D eigenvalue weighted by Crippen LogP contribution is -2.06. The lowest BCUT2D eigenvalue weighted by Gasteiger charge is -2.17. The highest BCUT2D eigenvalue weighted by atomic mass is 16.3. The van der Waals surface area contributed by atoms with Crippen LogP contribution in [0.4, 0.5) is 0 Å². The standard InChI is InChI=1S/C57H35N5O/c1-4-16-36(17-5-1)39-28-31-49(45(34-39)37-18-6-2-7-19-37)61-47-25-13-10-22-41(47)43-30-32-50-53(54(43)61)44-24-11-14-26-48(44)62(50)57-59-55(38-20-8-3-9-21-38)58-56(60-57)40-29-33-52-46(35-40)42-23-12-15-27-51(42)63-52/h1-35H. The summed E-state index contributed by atoms with van der Waals surface area (Å²) in [4.78, 5) is 15.8. The average molecular weight is 806 g/mol. The first-order chi connectivity index (χ1) is 31.2. The van der Waals surface area contributed by atoms with Crippen LogP contribution in [0.5, 0.6) is 0 Å². The highest BCUT2D eigenvalue weighted by Crippen LogP contribution is 2.44. The van der Waals surface area contributed by atoms with Gasteiger partial charge in [0.2, 0.25) is 5.95 Å². The van der Waals surface area contributed by atoms with E-state index in [0.29, 0.717) is 17.6 Å². The Hall–Kier alpha value is -8.61. The van der Waals surface area contributed by atoms with Crippen LogP contribution >= 0.6 is 0 Å². The van der Waals surface area contributed by atoms with Crippen molar-refractivity contribution < 1.29 is 4.42 Å². The normalized spacial score (nSPS) is 11.8. The number of fused-ring (bicyclic) bond motifs is 10. The Balaban J connectivity index is 1.11. The maximum absolute atomic E-state index is 6.21. The van der Waals surface area contributed by atoms with Gasteiger partial charge in [0.05, 0.1) is 27.8 Å². The van der Waals surface area contributed by atoms with Crippen molar-refractivity contribution in [3.05, 3.63) is 212 Å². The number of aromatic nitrogens is 5. The van der Waals surface area contributed by atoms with Crippen molar-refractivity contribution in [2.24, 2.45) is 0 Å². The minimum Gasteiger partial charge on any atom is -0.456 e. The van der Waals surface area contributed by atoms with Gasteiger partial charge in [-0.25, -0.2) is 4.98 Å². The molecule has 0 atom stereocenters. The van der Waals surface area contributed by atoms with Gasteiger partial charge in [-0.3, -0.25) is 4.57 Å². The van der Waals surface area contributed by atoms with Crippen molar-refractivity contribution in [1.29, 1.82) is 0 Å². The molecule has 0 aliphatic carbocycles. The summed E-state index contributed by atoms with van der Waals surface area (Å²) in [7, 11) is 0. The Labute approximate surface area is 361 Å². The van der Waals surface area contributed by atoms with Gasteiger partial charge in [0, 0.05) is 49.0 Å². The first-order valence-corrected chi connectivity index (χ1v) is 21.2. The van der Waals surface area contributed by atoms with Crippen LogP contribution in [0.25, 0.3) is 122 Å². The summed E-state index contributed by atoms with van der Waals surface area (Å²) < 4.78 is 10.9.